The van der Waals surface area contributed by atoms with E-state index in [-0.39, 0.29) is 5.75 Å². The zero-order chi connectivity index (χ0) is 14.6. The topological polar surface area (TPSA) is 21.3 Å². The Bertz CT molecular complexity index is 449. The van der Waals surface area contributed by atoms with Crippen LogP contribution in [0.4, 0.5) is 8.78 Å². The number of hydrogen-bond donors (Lipinski definition) is 1. The minimum absolute atomic E-state index is 0.192. The van der Waals surface area contributed by atoms with Gasteiger partial charge in [0.1, 0.15) is 5.75 Å². The van der Waals surface area contributed by atoms with E-state index in [1.165, 1.54) is 31.7 Å². The molecule has 1 N–H and O–H groups in total. The van der Waals surface area contributed by atoms with E-state index in [0.29, 0.717) is 22.5 Å². The number of ether oxygens (including phenoxy) is 1. The molecule has 0 aromatic heterocycles. The van der Waals surface area contributed by atoms with Crippen molar-refractivity contribution in [3.63, 3.8) is 0 Å². The summed E-state index contributed by atoms with van der Waals surface area (Å²) in [5.41, 5.74) is 1.10. The average molecular weight is 304 g/mol. The molecular weight excluding hydrogens is 284 g/mol. The normalized spacial score (nSPS) is 16.4. The Kier molecular flexibility index (Phi) is 5.22. The Hall–Kier alpha value is -0.870. The molecule has 1 fully saturated rings. The van der Waals surface area contributed by atoms with Gasteiger partial charge in [-0.25, -0.2) is 0 Å². The number of halogens is 3. The second-order valence-corrected chi connectivity index (χ2v) is 5.92. The molecule has 2 nitrogen and oxygen atoms in total. The Morgan fingerprint density at radius 3 is 2.75 bits per heavy atom. The van der Waals surface area contributed by atoms with Gasteiger partial charge in [0.25, 0.3) is 0 Å². The van der Waals surface area contributed by atoms with Gasteiger partial charge in [0.2, 0.25) is 0 Å². The third-order valence-corrected chi connectivity index (χ3v) is 4.03. The average Bonchev–Trinajstić information content (AvgIpc) is 3.12. The lowest BCUT2D eigenvalue weighted by Gasteiger charge is -2.16. The van der Waals surface area contributed by atoms with Gasteiger partial charge in [-0.1, -0.05) is 24.9 Å². The molecule has 0 saturated heterocycles. The first-order valence-electron chi connectivity index (χ1n) is 6.99. The van der Waals surface area contributed by atoms with Crippen molar-refractivity contribution in [3.8, 4) is 5.75 Å². The van der Waals surface area contributed by atoms with Crippen molar-refractivity contribution in [2.24, 2.45) is 5.41 Å². The van der Waals surface area contributed by atoms with Gasteiger partial charge in [0.15, 0.2) is 0 Å². The molecule has 2 rings (SSSR count). The highest BCUT2D eigenvalue weighted by atomic mass is 35.5. The minimum Gasteiger partial charge on any atom is -0.434 e. The van der Waals surface area contributed by atoms with Crippen molar-refractivity contribution in [1.82, 2.24) is 5.32 Å². The van der Waals surface area contributed by atoms with Crippen LogP contribution in [0.2, 0.25) is 5.02 Å². The van der Waals surface area contributed by atoms with Crippen molar-refractivity contribution in [2.75, 3.05) is 6.54 Å². The van der Waals surface area contributed by atoms with Crippen molar-refractivity contribution >= 4 is 11.6 Å². The highest BCUT2D eigenvalue weighted by molar-refractivity contribution is 6.30. The summed E-state index contributed by atoms with van der Waals surface area (Å²) in [6.07, 6.45) is 4.90. The highest BCUT2D eigenvalue weighted by Crippen LogP contribution is 2.49. The van der Waals surface area contributed by atoms with Gasteiger partial charge in [0.05, 0.1) is 0 Å². The molecule has 0 heterocycles. The van der Waals surface area contributed by atoms with Gasteiger partial charge in [-0.15, -0.1) is 0 Å². The predicted octanol–water partition coefficient (Wildman–Crippen LogP) is 4.61. The molecule has 1 aliphatic carbocycles. The summed E-state index contributed by atoms with van der Waals surface area (Å²) >= 11 is 5.91. The molecular formula is C15H20ClF2NO. The quantitative estimate of drug-likeness (QED) is 0.757. The van der Waals surface area contributed by atoms with Crippen molar-refractivity contribution < 1.29 is 13.5 Å². The molecule has 1 aromatic carbocycles. The Morgan fingerprint density at radius 2 is 2.15 bits per heavy atom. The molecule has 0 spiro atoms. The molecule has 0 amide bonds. The molecule has 0 aliphatic heterocycles. The second kappa shape index (κ2) is 6.72. The maximum Gasteiger partial charge on any atom is 0.387 e. The summed E-state index contributed by atoms with van der Waals surface area (Å²) in [7, 11) is 0. The lowest BCUT2D eigenvalue weighted by atomic mass is 10.0. The van der Waals surface area contributed by atoms with Crippen molar-refractivity contribution in [1.29, 1.82) is 0 Å². The number of alkyl halides is 2. The molecule has 0 atom stereocenters. The zero-order valence-corrected chi connectivity index (χ0v) is 12.4. The number of hydrogen-bond acceptors (Lipinski definition) is 2. The van der Waals surface area contributed by atoms with E-state index in [1.54, 1.807) is 12.1 Å². The van der Waals surface area contributed by atoms with Crippen molar-refractivity contribution in [3.05, 3.63) is 28.8 Å². The minimum atomic E-state index is -2.82. The fourth-order valence-corrected chi connectivity index (χ4v) is 2.78. The molecule has 1 aliphatic rings. The van der Waals surface area contributed by atoms with Gasteiger partial charge in [-0.2, -0.15) is 8.78 Å². The van der Waals surface area contributed by atoms with Crippen LogP contribution in [0.1, 0.15) is 38.2 Å². The van der Waals surface area contributed by atoms with E-state index in [2.05, 4.69) is 17.0 Å². The first-order chi connectivity index (χ1) is 9.54. The maximum atomic E-state index is 12.3. The maximum absolute atomic E-state index is 12.3. The Labute approximate surface area is 123 Å². The Balaban J connectivity index is 1.92. The monoisotopic (exact) mass is 303 g/mol. The molecule has 0 radical (unpaired) electrons. The molecule has 0 unspecified atom stereocenters. The summed E-state index contributed by atoms with van der Waals surface area (Å²) in [6, 6.07) is 4.72. The van der Waals surface area contributed by atoms with E-state index in [0.717, 1.165) is 6.54 Å². The summed E-state index contributed by atoms with van der Waals surface area (Å²) in [5, 5.41) is 3.87. The van der Waals surface area contributed by atoms with Crippen LogP contribution in [0.5, 0.6) is 5.75 Å². The smallest absolute Gasteiger partial charge is 0.387 e. The first kappa shape index (κ1) is 15.5. The third-order valence-electron chi connectivity index (χ3n) is 3.79. The molecule has 1 aromatic rings. The SMILES string of the molecule is CCCC1(CNCc2cc(Cl)ccc2OC(F)F)CC1. The van der Waals surface area contributed by atoms with E-state index < -0.39 is 6.61 Å². The van der Waals surface area contributed by atoms with Crippen LogP contribution >= 0.6 is 11.6 Å². The zero-order valence-electron chi connectivity index (χ0n) is 11.6. The van der Waals surface area contributed by atoms with E-state index in [1.807, 2.05) is 0 Å². The summed E-state index contributed by atoms with van der Waals surface area (Å²) in [6.45, 7) is 0.783. The number of benzene rings is 1. The molecule has 5 heteroatoms. The summed E-state index contributed by atoms with van der Waals surface area (Å²) in [4.78, 5) is 0. The fourth-order valence-electron chi connectivity index (χ4n) is 2.58. The number of nitrogens with one attached hydrogen (secondary N) is 1. The van der Waals surface area contributed by atoms with Gasteiger partial charge in [-0.05, 0) is 42.9 Å². The molecule has 20 heavy (non-hydrogen) atoms. The lowest BCUT2D eigenvalue weighted by Crippen LogP contribution is -2.24. The van der Waals surface area contributed by atoms with Crippen LogP contribution < -0.4 is 10.1 Å². The summed E-state index contributed by atoms with van der Waals surface area (Å²) in [5.74, 6) is 0.192. The lowest BCUT2D eigenvalue weighted by molar-refractivity contribution is -0.0505. The van der Waals surface area contributed by atoms with Crippen LogP contribution in [0.15, 0.2) is 18.2 Å². The molecule has 112 valence electrons. The second-order valence-electron chi connectivity index (χ2n) is 5.48. The van der Waals surface area contributed by atoms with Crippen LogP contribution in [0.25, 0.3) is 0 Å². The molecule has 0 bridgehead atoms. The first-order valence-corrected chi connectivity index (χ1v) is 7.36. The fraction of sp³-hybridized carbons (Fsp3) is 0.600. The van der Waals surface area contributed by atoms with Gasteiger partial charge in [-0.3, -0.25) is 0 Å². The number of rotatable bonds is 8. The van der Waals surface area contributed by atoms with Gasteiger partial charge >= 0.3 is 6.61 Å². The van der Waals surface area contributed by atoms with Crippen LogP contribution in [-0.4, -0.2) is 13.2 Å². The summed E-state index contributed by atoms with van der Waals surface area (Å²) < 4.78 is 29.2. The van der Waals surface area contributed by atoms with E-state index >= 15 is 0 Å². The predicted molar refractivity (Wildman–Crippen MR) is 76.4 cm³/mol. The largest absolute Gasteiger partial charge is 0.434 e. The Morgan fingerprint density at radius 1 is 1.40 bits per heavy atom. The van der Waals surface area contributed by atoms with Crippen LogP contribution in [-0.2, 0) is 6.54 Å². The van der Waals surface area contributed by atoms with Crippen LogP contribution in [0.3, 0.4) is 0 Å². The molecule has 1 saturated carbocycles. The standard InChI is InChI=1S/C15H20ClF2NO/c1-2-5-15(6-7-15)10-19-9-11-8-12(16)3-4-13(11)20-14(17)18/h3-4,8,14,19H,2,5-7,9-10H2,1H3. The highest BCUT2D eigenvalue weighted by Gasteiger charge is 2.40. The van der Waals surface area contributed by atoms with E-state index in [9.17, 15) is 8.78 Å². The van der Waals surface area contributed by atoms with Crippen molar-refractivity contribution in [2.45, 2.75) is 45.8 Å². The third kappa shape index (κ3) is 4.32. The van der Waals surface area contributed by atoms with E-state index in [4.69, 9.17) is 11.6 Å². The van der Waals surface area contributed by atoms with Gasteiger partial charge in [0, 0.05) is 23.7 Å². The van der Waals surface area contributed by atoms with Crippen LogP contribution in [0, 0.1) is 5.41 Å². The van der Waals surface area contributed by atoms with Gasteiger partial charge < -0.3 is 10.1 Å².